The summed E-state index contributed by atoms with van der Waals surface area (Å²) in [5.74, 6) is -2.83. The van der Waals surface area contributed by atoms with Gasteiger partial charge in [-0.15, -0.1) is 0 Å². The van der Waals surface area contributed by atoms with Crippen LogP contribution in [0.2, 0.25) is 0 Å². The van der Waals surface area contributed by atoms with E-state index in [4.69, 9.17) is 0 Å². The molecule has 0 radical (unpaired) electrons. The van der Waals surface area contributed by atoms with E-state index in [9.17, 15) is 23.9 Å². The first kappa shape index (κ1) is 36.0. The number of halogens is 1. The van der Waals surface area contributed by atoms with Crippen molar-refractivity contribution in [3.63, 3.8) is 0 Å². The zero-order valence-corrected chi connectivity index (χ0v) is 24.7. The average Bonchev–Trinajstić information content (AvgIpc) is 2.97. The molecule has 1 aromatic heterocycles. The molecule has 0 bridgehead atoms. The highest BCUT2D eigenvalue weighted by molar-refractivity contribution is 5.94. The predicted octanol–water partition coefficient (Wildman–Crippen LogP) is 7.17. The fraction of sp³-hybridized carbons (Fsp3) is 0.412. The number of carboxylic acid groups (broad SMARTS) is 1. The SMILES string of the molecule is CC/C=C\C/C=C\C/C=C\C/C=C\C/C=C\C/C=C\CCC(=O)N[C@@H](CCCCNC(=O)c1cccnc1F)C(=O)O. The topological polar surface area (TPSA) is 108 Å². The van der Waals surface area contributed by atoms with Crippen LogP contribution in [-0.4, -0.2) is 40.5 Å². The summed E-state index contributed by atoms with van der Waals surface area (Å²) in [6, 6.07) is 1.82. The lowest BCUT2D eigenvalue weighted by atomic mass is 10.1. The molecule has 42 heavy (non-hydrogen) atoms. The first-order chi connectivity index (χ1) is 20.5. The number of carboxylic acids is 1. The van der Waals surface area contributed by atoms with Gasteiger partial charge in [0.05, 0.1) is 5.56 Å². The Morgan fingerprint density at radius 2 is 1.40 bits per heavy atom. The lowest BCUT2D eigenvalue weighted by Crippen LogP contribution is -2.40. The molecule has 2 amide bonds. The Kier molecular flexibility index (Phi) is 21.1. The van der Waals surface area contributed by atoms with Crippen molar-refractivity contribution in [1.82, 2.24) is 15.6 Å². The first-order valence-corrected chi connectivity index (χ1v) is 14.8. The van der Waals surface area contributed by atoms with Crippen LogP contribution in [0.15, 0.2) is 91.2 Å². The Bertz CT molecular complexity index is 1110. The summed E-state index contributed by atoms with van der Waals surface area (Å²) in [5.41, 5.74) is -0.139. The van der Waals surface area contributed by atoms with E-state index < -0.39 is 23.9 Å². The van der Waals surface area contributed by atoms with E-state index in [1.165, 1.54) is 18.3 Å². The van der Waals surface area contributed by atoms with Crippen molar-refractivity contribution in [2.24, 2.45) is 0 Å². The van der Waals surface area contributed by atoms with Crippen LogP contribution in [0, 0.1) is 5.95 Å². The highest BCUT2D eigenvalue weighted by atomic mass is 19.1. The molecule has 7 nitrogen and oxygen atoms in total. The van der Waals surface area contributed by atoms with E-state index in [0.717, 1.165) is 38.5 Å². The molecule has 3 N–H and O–H groups in total. The maximum absolute atomic E-state index is 13.5. The van der Waals surface area contributed by atoms with Gasteiger partial charge in [0.2, 0.25) is 11.9 Å². The van der Waals surface area contributed by atoms with Crippen molar-refractivity contribution < 1.29 is 23.9 Å². The van der Waals surface area contributed by atoms with E-state index in [1.54, 1.807) is 0 Å². The third-order valence-electron chi connectivity index (χ3n) is 5.98. The minimum atomic E-state index is -1.10. The minimum absolute atomic E-state index is 0.139. The molecule has 0 aliphatic carbocycles. The molecule has 0 aliphatic heterocycles. The minimum Gasteiger partial charge on any atom is -0.480 e. The standard InChI is InChI=1S/C34H46FN3O4/c1-2-3-4-5-6-7-8-9-10-11-12-13-14-15-16-17-18-19-20-26-31(39)38-30(34(41)42)25-21-22-27-37-33(40)29-24-23-28-36-32(29)35/h3-4,6-7,9-10,12-13,15-16,18-19,23-24,28,30H,2,5,8,11,14,17,20-22,25-27H2,1H3,(H,37,40)(H,38,39)(H,41,42)/b4-3-,7-6-,10-9-,13-12-,16-15-,19-18-/t30-/m0/s1. The number of aromatic nitrogens is 1. The maximum atomic E-state index is 13.5. The number of carbonyl (C=O) groups is 3. The monoisotopic (exact) mass is 579 g/mol. The molecule has 1 aromatic rings. The number of hydrogen-bond donors (Lipinski definition) is 3. The summed E-state index contributed by atoms with van der Waals surface area (Å²) in [5, 5.41) is 14.6. The lowest BCUT2D eigenvalue weighted by Gasteiger charge is -2.14. The number of nitrogens with one attached hydrogen (secondary N) is 2. The number of pyridine rings is 1. The second-order valence-corrected chi connectivity index (χ2v) is 9.51. The molecular formula is C34H46FN3O4. The molecule has 0 aliphatic rings. The van der Waals surface area contributed by atoms with Crippen molar-refractivity contribution in [3.8, 4) is 0 Å². The molecule has 0 spiro atoms. The average molecular weight is 580 g/mol. The number of rotatable bonds is 22. The van der Waals surface area contributed by atoms with Gasteiger partial charge >= 0.3 is 5.97 Å². The first-order valence-electron chi connectivity index (χ1n) is 14.8. The molecule has 0 saturated carbocycles. The lowest BCUT2D eigenvalue weighted by molar-refractivity contribution is -0.142. The summed E-state index contributed by atoms with van der Waals surface area (Å²) in [6.45, 7) is 2.39. The van der Waals surface area contributed by atoms with Gasteiger partial charge in [0.25, 0.3) is 5.91 Å². The predicted molar refractivity (Wildman–Crippen MR) is 167 cm³/mol. The van der Waals surface area contributed by atoms with Gasteiger partial charge in [-0.3, -0.25) is 9.59 Å². The van der Waals surface area contributed by atoms with Crippen LogP contribution >= 0.6 is 0 Å². The number of carbonyl (C=O) groups excluding carboxylic acids is 2. The van der Waals surface area contributed by atoms with Crippen LogP contribution < -0.4 is 10.6 Å². The number of amides is 2. The van der Waals surface area contributed by atoms with Crippen LogP contribution in [0.5, 0.6) is 0 Å². The van der Waals surface area contributed by atoms with Gasteiger partial charge in [0, 0.05) is 19.2 Å². The molecule has 228 valence electrons. The molecule has 0 unspecified atom stereocenters. The second-order valence-electron chi connectivity index (χ2n) is 9.51. The number of unbranched alkanes of at least 4 members (excludes halogenated alkanes) is 1. The van der Waals surface area contributed by atoms with Gasteiger partial charge in [-0.2, -0.15) is 4.39 Å². The highest BCUT2D eigenvalue weighted by Gasteiger charge is 2.19. The fourth-order valence-corrected chi connectivity index (χ4v) is 3.70. The number of hydrogen-bond acceptors (Lipinski definition) is 4. The van der Waals surface area contributed by atoms with E-state index >= 15 is 0 Å². The summed E-state index contributed by atoms with van der Waals surface area (Å²) in [4.78, 5) is 39.1. The summed E-state index contributed by atoms with van der Waals surface area (Å²) in [7, 11) is 0. The number of nitrogens with zero attached hydrogens (tertiary/aromatic N) is 1. The van der Waals surface area contributed by atoms with E-state index in [0.29, 0.717) is 19.3 Å². The van der Waals surface area contributed by atoms with Gasteiger partial charge in [-0.1, -0.05) is 79.8 Å². The van der Waals surface area contributed by atoms with E-state index in [2.05, 4.69) is 83.3 Å². The second kappa shape index (κ2) is 24.7. The van der Waals surface area contributed by atoms with Crippen LogP contribution in [0.25, 0.3) is 0 Å². The van der Waals surface area contributed by atoms with Gasteiger partial charge < -0.3 is 15.7 Å². The van der Waals surface area contributed by atoms with E-state index in [1.807, 2.05) is 12.2 Å². The molecule has 0 saturated heterocycles. The molecule has 0 fully saturated rings. The van der Waals surface area contributed by atoms with Crippen molar-refractivity contribution in [2.45, 2.75) is 83.6 Å². The Hall–Kier alpha value is -4.07. The maximum Gasteiger partial charge on any atom is 0.326 e. The van der Waals surface area contributed by atoms with Crippen LogP contribution in [0.4, 0.5) is 4.39 Å². The zero-order valence-electron chi connectivity index (χ0n) is 24.7. The summed E-state index contributed by atoms with van der Waals surface area (Å²) in [6.07, 6.45) is 34.2. The Morgan fingerprint density at radius 3 is 1.93 bits per heavy atom. The quantitative estimate of drug-likeness (QED) is 0.0767. The zero-order chi connectivity index (χ0) is 30.7. The molecule has 0 aromatic carbocycles. The van der Waals surface area contributed by atoms with Gasteiger partial charge in [0.15, 0.2) is 0 Å². The molecule has 1 heterocycles. The van der Waals surface area contributed by atoms with Crippen molar-refractivity contribution in [1.29, 1.82) is 0 Å². The third-order valence-corrected chi connectivity index (χ3v) is 5.98. The molecular weight excluding hydrogens is 533 g/mol. The normalized spacial score (nSPS) is 12.9. The molecule has 1 atom stereocenters. The van der Waals surface area contributed by atoms with Gasteiger partial charge in [-0.25, -0.2) is 9.78 Å². The Morgan fingerprint density at radius 1 is 0.857 bits per heavy atom. The highest BCUT2D eigenvalue weighted by Crippen LogP contribution is 2.05. The smallest absolute Gasteiger partial charge is 0.326 e. The Labute approximate surface area is 250 Å². The van der Waals surface area contributed by atoms with Crippen molar-refractivity contribution in [2.75, 3.05) is 6.54 Å². The van der Waals surface area contributed by atoms with Crippen LogP contribution in [0.3, 0.4) is 0 Å². The third kappa shape index (κ3) is 19.1. The molecule has 8 heteroatoms. The number of allylic oxidation sites excluding steroid dienone is 12. The van der Waals surface area contributed by atoms with E-state index in [-0.39, 0.29) is 30.9 Å². The van der Waals surface area contributed by atoms with Crippen molar-refractivity contribution >= 4 is 17.8 Å². The fourth-order valence-electron chi connectivity index (χ4n) is 3.70. The number of aliphatic carboxylic acids is 1. The molecule has 1 rings (SSSR count). The van der Waals surface area contributed by atoms with Crippen LogP contribution in [-0.2, 0) is 9.59 Å². The van der Waals surface area contributed by atoms with Gasteiger partial charge in [0.1, 0.15) is 6.04 Å². The Balaban J connectivity index is 2.12. The summed E-state index contributed by atoms with van der Waals surface area (Å²) >= 11 is 0. The van der Waals surface area contributed by atoms with Crippen molar-refractivity contribution in [3.05, 3.63) is 103 Å². The summed E-state index contributed by atoms with van der Waals surface area (Å²) < 4.78 is 13.5. The van der Waals surface area contributed by atoms with Gasteiger partial charge in [-0.05, 0) is 76.3 Å². The largest absolute Gasteiger partial charge is 0.480 e. The van der Waals surface area contributed by atoms with Crippen LogP contribution in [0.1, 0.15) is 87.9 Å².